The van der Waals surface area contributed by atoms with Crippen LogP contribution in [0.25, 0.3) is 16.9 Å². The van der Waals surface area contributed by atoms with E-state index in [-0.39, 0.29) is 29.6 Å². The van der Waals surface area contributed by atoms with Crippen LogP contribution in [0.1, 0.15) is 41.4 Å². The van der Waals surface area contributed by atoms with E-state index in [4.69, 9.17) is 9.47 Å². The number of nitrogens with zero attached hydrogens (tertiary/aromatic N) is 4. The molecule has 1 saturated carbocycles. The van der Waals surface area contributed by atoms with Gasteiger partial charge in [-0.25, -0.2) is 18.9 Å². The Kier molecular flexibility index (Phi) is 7.09. The second kappa shape index (κ2) is 10.6. The molecule has 3 aromatic heterocycles. The molecular weight excluding hydrogens is 510 g/mol. The number of hydrogen-bond acceptors (Lipinski definition) is 7. The molecule has 0 radical (unpaired) electrons. The number of nitrogens with one attached hydrogen (secondary N) is 2. The Hall–Kier alpha value is -4.61. The van der Waals surface area contributed by atoms with E-state index in [0.717, 1.165) is 18.9 Å². The van der Waals surface area contributed by atoms with Gasteiger partial charge in [0.05, 0.1) is 31.3 Å². The monoisotopic (exact) mass is 536 g/mol. The van der Waals surface area contributed by atoms with Gasteiger partial charge >= 0.3 is 0 Å². The van der Waals surface area contributed by atoms with Gasteiger partial charge in [0, 0.05) is 24.6 Å². The predicted octanol–water partition coefficient (Wildman–Crippen LogP) is 4.06. The predicted molar refractivity (Wildman–Crippen MR) is 138 cm³/mol. The number of ether oxygens (including phenoxy) is 2. The van der Waals surface area contributed by atoms with E-state index in [1.165, 1.54) is 24.6 Å². The van der Waals surface area contributed by atoms with Crippen LogP contribution in [0.3, 0.4) is 0 Å². The van der Waals surface area contributed by atoms with E-state index in [0.29, 0.717) is 46.5 Å². The average molecular weight is 537 g/mol. The third kappa shape index (κ3) is 5.64. The molecule has 4 aromatic rings. The zero-order valence-electron chi connectivity index (χ0n) is 21.5. The molecule has 5 rings (SSSR count). The number of fused-ring (bicyclic) bond motifs is 1. The maximum absolute atomic E-state index is 14.5. The lowest BCUT2D eigenvalue weighted by atomic mass is 10.1. The van der Waals surface area contributed by atoms with Crippen LogP contribution in [0.5, 0.6) is 11.6 Å². The van der Waals surface area contributed by atoms with Crippen molar-refractivity contribution in [3.8, 4) is 22.9 Å². The highest BCUT2D eigenvalue weighted by Gasteiger charge is 2.25. The largest absolute Gasteiger partial charge is 0.490 e. The second-order valence-corrected chi connectivity index (χ2v) is 9.29. The molecule has 3 heterocycles. The SMILES string of the molecule is COc1nc(C)c(-c2ccc3nc(NC(C)=O)cn3n2)cc1C(=O)NCc1ccc(F)c(F)c1OCC1CC1. The van der Waals surface area contributed by atoms with Crippen molar-refractivity contribution < 1.29 is 27.8 Å². The summed E-state index contributed by atoms with van der Waals surface area (Å²) in [6.07, 6.45) is 3.56. The molecule has 1 aliphatic rings. The number of carbonyl (C=O) groups is 2. The molecule has 1 aromatic carbocycles. The van der Waals surface area contributed by atoms with Crippen molar-refractivity contribution in [1.29, 1.82) is 0 Å². The summed E-state index contributed by atoms with van der Waals surface area (Å²) in [5, 5.41) is 9.89. The Morgan fingerprint density at radius 1 is 1.15 bits per heavy atom. The minimum atomic E-state index is -1.08. The summed E-state index contributed by atoms with van der Waals surface area (Å²) in [5.74, 6) is -2.30. The lowest BCUT2D eigenvalue weighted by Gasteiger charge is -2.15. The Labute approximate surface area is 222 Å². The summed E-state index contributed by atoms with van der Waals surface area (Å²) in [5.41, 5.74) is 2.60. The van der Waals surface area contributed by atoms with Crippen molar-refractivity contribution in [3.63, 3.8) is 0 Å². The number of amides is 2. The third-order valence-corrected chi connectivity index (χ3v) is 6.25. The van der Waals surface area contributed by atoms with Crippen molar-refractivity contribution in [2.24, 2.45) is 5.92 Å². The maximum atomic E-state index is 14.5. The zero-order chi connectivity index (χ0) is 27.7. The summed E-state index contributed by atoms with van der Waals surface area (Å²) >= 11 is 0. The standard InChI is InChI=1S/C27H26F2N6O4/c1-14-18(21-8-9-23-33-22(32-15(2)36)12-35(23)34-21)10-19(27(31-14)38-3)26(37)30-11-17-6-7-20(28)24(29)25(17)39-13-16-4-5-16/h6-10,12,16H,4-5,11,13H2,1-3H3,(H,30,37)(H,32,36). The molecule has 0 unspecified atom stereocenters. The zero-order valence-corrected chi connectivity index (χ0v) is 21.5. The molecule has 2 amide bonds. The molecule has 1 fully saturated rings. The normalized spacial score (nSPS) is 12.8. The number of aromatic nitrogens is 4. The average Bonchev–Trinajstić information content (AvgIpc) is 3.65. The van der Waals surface area contributed by atoms with Gasteiger partial charge in [-0.15, -0.1) is 0 Å². The van der Waals surface area contributed by atoms with Gasteiger partial charge in [0.1, 0.15) is 5.56 Å². The number of benzene rings is 1. The lowest BCUT2D eigenvalue weighted by molar-refractivity contribution is -0.114. The molecule has 10 nitrogen and oxygen atoms in total. The van der Waals surface area contributed by atoms with E-state index >= 15 is 0 Å². The number of imidazole rings is 1. The number of rotatable bonds is 9. The Morgan fingerprint density at radius 2 is 1.95 bits per heavy atom. The van der Waals surface area contributed by atoms with Crippen molar-refractivity contribution in [1.82, 2.24) is 24.9 Å². The number of aryl methyl sites for hydroxylation is 1. The van der Waals surface area contributed by atoms with Gasteiger partial charge < -0.3 is 20.1 Å². The van der Waals surface area contributed by atoms with Gasteiger partial charge in [-0.2, -0.15) is 9.49 Å². The van der Waals surface area contributed by atoms with Crippen LogP contribution in [0.4, 0.5) is 14.6 Å². The first-order valence-electron chi connectivity index (χ1n) is 12.3. The minimum absolute atomic E-state index is 0.0981. The van der Waals surface area contributed by atoms with Crippen molar-refractivity contribution >= 4 is 23.3 Å². The summed E-state index contributed by atoms with van der Waals surface area (Å²) in [7, 11) is 1.40. The quantitative estimate of drug-likeness (QED) is 0.331. The number of methoxy groups -OCH3 is 1. The van der Waals surface area contributed by atoms with E-state index in [9.17, 15) is 18.4 Å². The van der Waals surface area contributed by atoms with Gasteiger partial charge in [-0.1, -0.05) is 6.07 Å². The molecule has 2 N–H and O–H groups in total. The Balaban J connectivity index is 1.41. The van der Waals surface area contributed by atoms with Crippen molar-refractivity contribution in [2.75, 3.05) is 19.0 Å². The first-order chi connectivity index (χ1) is 18.7. The number of pyridine rings is 1. The van der Waals surface area contributed by atoms with Gasteiger partial charge in [-0.3, -0.25) is 9.59 Å². The topological polar surface area (TPSA) is 120 Å². The summed E-state index contributed by atoms with van der Waals surface area (Å²) < 4.78 is 40.8. The molecule has 12 heteroatoms. The number of anilines is 1. The van der Waals surface area contributed by atoms with Gasteiger partial charge in [0.2, 0.25) is 17.6 Å². The number of carbonyl (C=O) groups excluding carboxylic acids is 2. The molecule has 0 bridgehead atoms. The fourth-order valence-electron chi connectivity index (χ4n) is 4.05. The van der Waals surface area contributed by atoms with Crippen LogP contribution >= 0.6 is 0 Å². The van der Waals surface area contributed by atoms with E-state index < -0.39 is 17.5 Å². The molecule has 0 aliphatic heterocycles. The van der Waals surface area contributed by atoms with E-state index in [1.54, 1.807) is 31.3 Å². The molecule has 0 atom stereocenters. The fourth-order valence-corrected chi connectivity index (χ4v) is 4.05. The fraction of sp³-hybridized carbons (Fsp3) is 0.296. The second-order valence-electron chi connectivity index (χ2n) is 9.29. The maximum Gasteiger partial charge on any atom is 0.257 e. The van der Waals surface area contributed by atoms with Gasteiger partial charge in [0.15, 0.2) is 23.0 Å². The number of halogens is 2. The first kappa shape index (κ1) is 26.0. The van der Waals surface area contributed by atoms with Crippen LogP contribution in [0.2, 0.25) is 0 Å². The lowest BCUT2D eigenvalue weighted by Crippen LogP contribution is -2.24. The van der Waals surface area contributed by atoms with Crippen LogP contribution in [-0.2, 0) is 11.3 Å². The highest BCUT2D eigenvalue weighted by Crippen LogP contribution is 2.32. The van der Waals surface area contributed by atoms with E-state index in [1.807, 2.05) is 0 Å². The Bertz CT molecular complexity index is 1580. The number of hydrogen-bond donors (Lipinski definition) is 2. The van der Waals surface area contributed by atoms with Crippen LogP contribution < -0.4 is 20.1 Å². The molecule has 39 heavy (non-hydrogen) atoms. The van der Waals surface area contributed by atoms with Gasteiger partial charge in [0.25, 0.3) is 5.91 Å². The highest BCUT2D eigenvalue weighted by molar-refractivity contribution is 5.97. The molecule has 0 saturated heterocycles. The van der Waals surface area contributed by atoms with E-state index in [2.05, 4.69) is 25.7 Å². The molecular formula is C27H26F2N6O4. The van der Waals surface area contributed by atoms with Crippen LogP contribution in [0, 0.1) is 24.5 Å². The summed E-state index contributed by atoms with van der Waals surface area (Å²) in [6, 6.07) is 7.44. The van der Waals surface area contributed by atoms with Crippen molar-refractivity contribution in [2.45, 2.75) is 33.2 Å². The highest BCUT2D eigenvalue weighted by atomic mass is 19.2. The van der Waals surface area contributed by atoms with Crippen molar-refractivity contribution in [3.05, 3.63) is 65.0 Å². The van der Waals surface area contributed by atoms with Crippen LogP contribution in [-0.4, -0.2) is 45.1 Å². The molecule has 202 valence electrons. The third-order valence-electron chi connectivity index (χ3n) is 6.25. The summed E-state index contributed by atoms with van der Waals surface area (Å²) in [6.45, 7) is 3.33. The van der Waals surface area contributed by atoms with Crippen LogP contribution in [0.15, 0.2) is 36.5 Å². The summed E-state index contributed by atoms with van der Waals surface area (Å²) in [4.78, 5) is 33.3. The molecule has 1 aliphatic carbocycles. The smallest absolute Gasteiger partial charge is 0.257 e. The molecule has 0 spiro atoms. The first-order valence-corrected chi connectivity index (χ1v) is 12.3. The van der Waals surface area contributed by atoms with Gasteiger partial charge in [-0.05, 0) is 49.9 Å². The minimum Gasteiger partial charge on any atom is -0.490 e. The Morgan fingerprint density at radius 3 is 2.67 bits per heavy atom.